The maximum atomic E-state index is 14.1. The molecule has 5 heteroatoms. The number of hydrogen-bond donors (Lipinski definition) is 0. The average Bonchev–Trinajstić information content (AvgIpc) is 2.98. The van der Waals surface area contributed by atoms with Gasteiger partial charge in [-0.15, -0.1) is 0 Å². The van der Waals surface area contributed by atoms with E-state index >= 15 is 0 Å². The zero-order valence-corrected chi connectivity index (χ0v) is 22.9. The number of aryl methyl sites for hydroxylation is 1. The molecule has 0 fully saturated rings. The molecule has 0 aliphatic rings. The zero-order chi connectivity index (χ0) is 27.4. The van der Waals surface area contributed by atoms with Gasteiger partial charge in [-0.2, -0.15) is 0 Å². The van der Waals surface area contributed by atoms with Crippen LogP contribution in [0.25, 0.3) is 27.4 Å². The van der Waals surface area contributed by atoms with Gasteiger partial charge in [-0.3, -0.25) is 14.2 Å². The van der Waals surface area contributed by atoms with Crippen LogP contribution in [0.1, 0.15) is 67.8 Å². The van der Waals surface area contributed by atoms with Crippen molar-refractivity contribution in [3.05, 3.63) is 118 Å². The fourth-order valence-electron chi connectivity index (χ4n) is 5.32. The second-order valence-corrected chi connectivity index (χ2v) is 10.1. The predicted molar refractivity (Wildman–Crippen MR) is 160 cm³/mol. The topological polar surface area (TPSA) is 55.2 Å². The average molecular weight is 518 g/mol. The number of carbonyl (C=O) groups excluding carboxylic acids is 1. The van der Waals surface area contributed by atoms with Crippen LogP contribution in [0.2, 0.25) is 0 Å². The molecule has 0 aliphatic carbocycles. The fraction of sp³-hybridized carbons (Fsp3) is 0.265. The van der Waals surface area contributed by atoms with Gasteiger partial charge < -0.3 is 4.90 Å². The van der Waals surface area contributed by atoms with Gasteiger partial charge in [0, 0.05) is 12.1 Å². The summed E-state index contributed by atoms with van der Waals surface area (Å²) in [6, 6.07) is 28.9. The predicted octanol–water partition coefficient (Wildman–Crippen LogP) is 7.49. The van der Waals surface area contributed by atoms with E-state index in [1.807, 2.05) is 103 Å². The summed E-state index contributed by atoms with van der Waals surface area (Å²) in [7, 11) is 0. The van der Waals surface area contributed by atoms with Crippen molar-refractivity contribution in [2.75, 3.05) is 6.54 Å². The molecule has 0 spiro atoms. The molecule has 5 nitrogen and oxygen atoms in total. The second kappa shape index (κ2) is 11.6. The molecule has 1 heterocycles. The van der Waals surface area contributed by atoms with Crippen LogP contribution in [0, 0.1) is 0 Å². The molecule has 0 saturated heterocycles. The van der Waals surface area contributed by atoms with Crippen LogP contribution < -0.4 is 5.56 Å². The monoisotopic (exact) mass is 517 g/mol. The normalized spacial score (nSPS) is 12.1. The van der Waals surface area contributed by atoms with Crippen molar-refractivity contribution >= 4 is 27.6 Å². The molecule has 5 aromatic rings. The molecule has 0 aliphatic heterocycles. The highest BCUT2D eigenvalue weighted by atomic mass is 16.2. The number of benzene rings is 4. The van der Waals surface area contributed by atoms with E-state index in [0.717, 1.165) is 47.7 Å². The molecule has 0 radical (unpaired) electrons. The van der Waals surface area contributed by atoms with E-state index in [2.05, 4.69) is 13.8 Å². The van der Waals surface area contributed by atoms with Gasteiger partial charge in [-0.05, 0) is 66.4 Å². The van der Waals surface area contributed by atoms with Gasteiger partial charge in [-0.25, -0.2) is 4.98 Å². The van der Waals surface area contributed by atoms with E-state index in [1.165, 1.54) is 0 Å². The van der Waals surface area contributed by atoms with Gasteiger partial charge >= 0.3 is 0 Å². The van der Waals surface area contributed by atoms with Gasteiger partial charge in [-0.1, -0.05) is 87.4 Å². The maximum absolute atomic E-state index is 14.1. The first kappa shape index (κ1) is 26.4. The van der Waals surface area contributed by atoms with Crippen molar-refractivity contribution in [3.63, 3.8) is 0 Å². The molecule has 198 valence electrons. The van der Waals surface area contributed by atoms with Gasteiger partial charge in [0.1, 0.15) is 5.82 Å². The Hall–Kier alpha value is -4.25. The Kier molecular flexibility index (Phi) is 7.87. The summed E-state index contributed by atoms with van der Waals surface area (Å²) in [6.07, 6.45) is 3.73. The third kappa shape index (κ3) is 5.22. The SMILES string of the molecule is CCCCCN(C(=O)c1ccc2ccccc2c1)C(C)c1nc2ccccc2c(=O)n1-c1ccccc1CC. The molecular formula is C34H35N3O2. The van der Waals surface area contributed by atoms with Gasteiger partial charge in [0.2, 0.25) is 0 Å². The van der Waals surface area contributed by atoms with Crippen LogP contribution in [-0.4, -0.2) is 26.9 Å². The highest BCUT2D eigenvalue weighted by Gasteiger charge is 2.28. The largest absolute Gasteiger partial charge is 0.329 e. The van der Waals surface area contributed by atoms with E-state index in [4.69, 9.17) is 4.98 Å². The molecule has 39 heavy (non-hydrogen) atoms. The van der Waals surface area contributed by atoms with Crippen molar-refractivity contribution in [1.29, 1.82) is 0 Å². The number of amides is 1. The molecule has 4 aromatic carbocycles. The van der Waals surface area contributed by atoms with E-state index in [0.29, 0.717) is 28.8 Å². The first-order chi connectivity index (χ1) is 19.0. The minimum Gasteiger partial charge on any atom is -0.329 e. The van der Waals surface area contributed by atoms with Crippen LogP contribution in [0.5, 0.6) is 0 Å². The van der Waals surface area contributed by atoms with E-state index in [-0.39, 0.29) is 11.5 Å². The summed E-state index contributed by atoms with van der Waals surface area (Å²) in [6.45, 7) is 6.82. The summed E-state index contributed by atoms with van der Waals surface area (Å²) >= 11 is 0. The Labute approximate surface area is 229 Å². The van der Waals surface area contributed by atoms with Crippen molar-refractivity contribution < 1.29 is 4.79 Å². The first-order valence-electron chi connectivity index (χ1n) is 13.9. The Bertz CT molecular complexity index is 1690. The standard InChI is InChI=1S/C34H35N3O2/c1-4-6-13-22-36(33(38)28-21-20-26-15-7-8-16-27(26)23-28)24(3)32-35-30-18-11-10-17-29(30)34(39)37(32)31-19-12-9-14-25(31)5-2/h7-12,14-21,23-24H,4-6,13,22H2,1-3H3. The molecular weight excluding hydrogens is 482 g/mol. The van der Waals surface area contributed by atoms with Crippen LogP contribution in [0.4, 0.5) is 0 Å². The third-order valence-electron chi connectivity index (χ3n) is 7.52. The number of fused-ring (bicyclic) bond motifs is 2. The van der Waals surface area contributed by atoms with Crippen molar-refractivity contribution in [1.82, 2.24) is 14.5 Å². The smallest absolute Gasteiger partial charge is 0.266 e. The van der Waals surface area contributed by atoms with Gasteiger partial charge in [0.15, 0.2) is 0 Å². The number of hydrogen-bond acceptors (Lipinski definition) is 3. The lowest BCUT2D eigenvalue weighted by molar-refractivity contribution is 0.0677. The summed E-state index contributed by atoms with van der Waals surface area (Å²) in [4.78, 5) is 35.1. The van der Waals surface area contributed by atoms with Crippen LogP contribution in [0.15, 0.2) is 95.8 Å². The highest BCUT2D eigenvalue weighted by molar-refractivity contribution is 5.98. The van der Waals surface area contributed by atoms with Gasteiger partial charge in [0.05, 0.1) is 22.6 Å². The fourth-order valence-corrected chi connectivity index (χ4v) is 5.32. The van der Waals surface area contributed by atoms with Crippen LogP contribution in [-0.2, 0) is 6.42 Å². The van der Waals surface area contributed by atoms with Crippen molar-refractivity contribution in [3.8, 4) is 5.69 Å². The van der Waals surface area contributed by atoms with Crippen LogP contribution >= 0.6 is 0 Å². The molecule has 0 saturated carbocycles. The molecule has 1 unspecified atom stereocenters. The summed E-state index contributed by atoms with van der Waals surface area (Å²) in [5.41, 5.74) is 3.04. The second-order valence-electron chi connectivity index (χ2n) is 10.1. The molecule has 1 amide bonds. The number of rotatable bonds is 9. The zero-order valence-electron chi connectivity index (χ0n) is 22.9. The molecule has 5 rings (SSSR count). The van der Waals surface area contributed by atoms with E-state index in [1.54, 1.807) is 4.57 Å². The molecule has 1 aromatic heterocycles. The van der Waals surface area contributed by atoms with Crippen LogP contribution in [0.3, 0.4) is 0 Å². The number of unbranched alkanes of at least 4 members (excludes halogenated alkanes) is 2. The number of aromatic nitrogens is 2. The Balaban J connectivity index is 1.67. The van der Waals surface area contributed by atoms with Crippen molar-refractivity contribution in [2.24, 2.45) is 0 Å². The molecule has 1 atom stereocenters. The first-order valence-corrected chi connectivity index (χ1v) is 13.9. The summed E-state index contributed by atoms with van der Waals surface area (Å²) < 4.78 is 1.73. The van der Waals surface area contributed by atoms with E-state index in [9.17, 15) is 9.59 Å². The number of carbonyl (C=O) groups is 1. The lowest BCUT2D eigenvalue weighted by Crippen LogP contribution is -2.38. The Morgan fingerprint density at radius 3 is 2.38 bits per heavy atom. The van der Waals surface area contributed by atoms with Crippen molar-refractivity contribution in [2.45, 2.75) is 52.5 Å². The number of para-hydroxylation sites is 2. The molecule has 0 N–H and O–H groups in total. The maximum Gasteiger partial charge on any atom is 0.266 e. The minimum absolute atomic E-state index is 0.0536. The van der Waals surface area contributed by atoms with Gasteiger partial charge in [0.25, 0.3) is 11.5 Å². The molecule has 0 bridgehead atoms. The Morgan fingerprint density at radius 1 is 0.872 bits per heavy atom. The number of nitrogens with zero attached hydrogens (tertiary/aromatic N) is 3. The summed E-state index contributed by atoms with van der Waals surface area (Å²) in [5.74, 6) is 0.521. The lowest BCUT2D eigenvalue weighted by Gasteiger charge is -2.31. The minimum atomic E-state index is -0.428. The summed E-state index contributed by atoms with van der Waals surface area (Å²) in [5, 5.41) is 2.70. The quantitative estimate of drug-likeness (QED) is 0.190. The highest BCUT2D eigenvalue weighted by Crippen LogP contribution is 2.27. The third-order valence-corrected chi connectivity index (χ3v) is 7.52. The van der Waals surface area contributed by atoms with E-state index < -0.39 is 6.04 Å². The lowest BCUT2D eigenvalue weighted by atomic mass is 10.0. The Morgan fingerprint density at radius 2 is 1.59 bits per heavy atom.